The number of fused-ring (bicyclic) bond motifs is 1. The summed E-state index contributed by atoms with van der Waals surface area (Å²) in [6.45, 7) is 0. The molecule has 0 radical (unpaired) electrons. The number of nitrogens with one attached hydrogen (secondary N) is 1. The van der Waals surface area contributed by atoms with Gasteiger partial charge in [0.25, 0.3) is 0 Å². The van der Waals surface area contributed by atoms with Crippen LogP contribution < -0.4 is 5.43 Å². The highest BCUT2D eigenvalue weighted by molar-refractivity contribution is 7.22. The maximum atomic E-state index is 9.48. The van der Waals surface area contributed by atoms with E-state index in [-0.39, 0.29) is 15.8 Å². The van der Waals surface area contributed by atoms with E-state index in [4.69, 9.17) is 23.2 Å². The lowest BCUT2D eigenvalue weighted by atomic mass is 10.2. The molecule has 0 fully saturated rings. The van der Waals surface area contributed by atoms with Crippen LogP contribution >= 0.6 is 34.5 Å². The number of rotatable bonds is 3. The summed E-state index contributed by atoms with van der Waals surface area (Å²) in [7, 11) is 0. The predicted octanol–water partition coefficient (Wildman–Crippen LogP) is 4.75. The molecule has 0 aliphatic rings. The number of para-hydroxylation sites is 1. The second-order valence-corrected chi connectivity index (χ2v) is 6.03. The molecule has 2 N–H and O–H groups in total. The molecule has 3 aromatic rings. The first-order chi connectivity index (χ1) is 10.1. The molecule has 0 aliphatic carbocycles. The lowest BCUT2D eigenvalue weighted by molar-refractivity contribution is 0.476. The third kappa shape index (κ3) is 3.10. The first-order valence-corrected chi connectivity index (χ1v) is 7.53. The van der Waals surface area contributed by atoms with E-state index in [1.165, 1.54) is 11.3 Å². The fourth-order valence-corrected chi connectivity index (χ4v) is 3.06. The van der Waals surface area contributed by atoms with E-state index in [0.29, 0.717) is 10.7 Å². The van der Waals surface area contributed by atoms with Gasteiger partial charge >= 0.3 is 0 Å². The monoisotopic (exact) mass is 337 g/mol. The first-order valence-electron chi connectivity index (χ1n) is 5.96. The zero-order valence-electron chi connectivity index (χ0n) is 10.5. The van der Waals surface area contributed by atoms with Crippen molar-refractivity contribution in [2.24, 2.45) is 5.10 Å². The second kappa shape index (κ2) is 5.89. The Kier molecular flexibility index (Phi) is 3.96. The molecule has 7 heteroatoms. The minimum absolute atomic E-state index is 0.130. The van der Waals surface area contributed by atoms with Crippen molar-refractivity contribution in [3.8, 4) is 5.75 Å². The van der Waals surface area contributed by atoms with Gasteiger partial charge in [0.1, 0.15) is 0 Å². The number of halogens is 2. The van der Waals surface area contributed by atoms with Crippen LogP contribution in [0.25, 0.3) is 10.2 Å². The molecule has 1 aromatic heterocycles. The van der Waals surface area contributed by atoms with Crippen molar-refractivity contribution in [3.63, 3.8) is 0 Å². The zero-order chi connectivity index (χ0) is 14.8. The Hall–Kier alpha value is -1.82. The van der Waals surface area contributed by atoms with Crippen molar-refractivity contribution in [3.05, 3.63) is 52.0 Å². The van der Waals surface area contributed by atoms with Crippen molar-refractivity contribution < 1.29 is 5.11 Å². The van der Waals surface area contributed by atoms with E-state index in [2.05, 4.69) is 15.5 Å². The minimum atomic E-state index is -0.130. The molecule has 4 nitrogen and oxygen atoms in total. The van der Waals surface area contributed by atoms with Crippen LogP contribution in [0.1, 0.15) is 5.56 Å². The second-order valence-electron chi connectivity index (χ2n) is 4.19. The van der Waals surface area contributed by atoms with E-state index < -0.39 is 0 Å². The number of phenolic OH excluding ortho intramolecular Hbond substituents is 1. The molecule has 2 aromatic carbocycles. The fraction of sp³-hybridized carbons (Fsp3) is 0. The fourth-order valence-electron chi connectivity index (χ4n) is 1.74. The topological polar surface area (TPSA) is 57.5 Å². The van der Waals surface area contributed by atoms with Gasteiger partial charge in [-0.15, -0.1) is 0 Å². The Labute approximate surface area is 134 Å². The van der Waals surface area contributed by atoms with Crippen LogP contribution in [0.2, 0.25) is 10.0 Å². The molecule has 3 rings (SSSR count). The molecule has 0 spiro atoms. The van der Waals surface area contributed by atoms with Gasteiger partial charge in [-0.1, -0.05) is 46.7 Å². The Morgan fingerprint density at radius 3 is 2.62 bits per heavy atom. The minimum Gasteiger partial charge on any atom is -0.505 e. The van der Waals surface area contributed by atoms with Crippen molar-refractivity contribution in [2.45, 2.75) is 0 Å². The average Bonchev–Trinajstić information content (AvgIpc) is 2.87. The van der Waals surface area contributed by atoms with E-state index >= 15 is 0 Å². The normalized spacial score (nSPS) is 11.3. The summed E-state index contributed by atoms with van der Waals surface area (Å²) < 4.78 is 1.09. The Morgan fingerprint density at radius 2 is 1.90 bits per heavy atom. The molecule has 106 valence electrons. The first kappa shape index (κ1) is 14.1. The van der Waals surface area contributed by atoms with Crippen molar-refractivity contribution >= 4 is 56.1 Å². The number of aromatic nitrogens is 1. The smallest absolute Gasteiger partial charge is 0.204 e. The Balaban J connectivity index is 1.77. The van der Waals surface area contributed by atoms with Gasteiger partial charge in [0.15, 0.2) is 5.75 Å². The van der Waals surface area contributed by atoms with Crippen LogP contribution in [0.3, 0.4) is 0 Å². The molecule has 0 aliphatic heterocycles. The van der Waals surface area contributed by atoms with E-state index in [9.17, 15) is 5.11 Å². The van der Waals surface area contributed by atoms with Crippen LogP contribution in [-0.4, -0.2) is 16.3 Å². The van der Waals surface area contributed by atoms with Gasteiger partial charge in [0, 0.05) is 0 Å². The molecule has 0 amide bonds. The number of benzene rings is 2. The van der Waals surface area contributed by atoms with Crippen LogP contribution in [-0.2, 0) is 0 Å². The maximum Gasteiger partial charge on any atom is 0.204 e. The number of thiazole rings is 1. The van der Waals surface area contributed by atoms with E-state index in [0.717, 1.165) is 10.2 Å². The van der Waals surface area contributed by atoms with Gasteiger partial charge in [0.05, 0.1) is 26.5 Å². The number of hydrazone groups is 1. The summed E-state index contributed by atoms with van der Waals surface area (Å²) in [6.07, 6.45) is 1.56. The molecule has 0 saturated heterocycles. The van der Waals surface area contributed by atoms with Crippen molar-refractivity contribution in [1.82, 2.24) is 4.98 Å². The van der Waals surface area contributed by atoms with Crippen LogP contribution in [0.4, 0.5) is 5.13 Å². The predicted molar refractivity (Wildman–Crippen MR) is 89.0 cm³/mol. The van der Waals surface area contributed by atoms with E-state index in [1.54, 1.807) is 18.3 Å². The summed E-state index contributed by atoms with van der Waals surface area (Å²) in [5.74, 6) is -0.130. The third-order valence-corrected chi connectivity index (χ3v) is 4.22. The summed E-state index contributed by atoms with van der Waals surface area (Å²) in [5, 5.41) is 14.6. The highest BCUT2D eigenvalue weighted by atomic mass is 35.5. The van der Waals surface area contributed by atoms with E-state index in [1.807, 2.05) is 24.3 Å². The SMILES string of the molecule is Oc1c(Cl)cc(/C=N/Nc2nc3ccccc3s2)cc1Cl. The molecule has 0 bridgehead atoms. The molecular weight excluding hydrogens is 329 g/mol. The highest BCUT2D eigenvalue weighted by Crippen LogP contribution is 2.32. The van der Waals surface area contributed by atoms with Gasteiger partial charge in [0.2, 0.25) is 5.13 Å². The summed E-state index contributed by atoms with van der Waals surface area (Å²) in [4.78, 5) is 4.39. The number of nitrogens with zero attached hydrogens (tertiary/aromatic N) is 2. The summed E-state index contributed by atoms with van der Waals surface area (Å²) in [6, 6.07) is 11.0. The van der Waals surface area contributed by atoms with Gasteiger partial charge in [-0.3, -0.25) is 5.43 Å². The van der Waals surface area contributed by atoms with Crippen LogP contribution in [0.5, 0.6) is 5.75 Å². The number of phenols is 1. The number of hydrogen-bond donors (Lipinski definition) is 2. The molecular formula is C14H9Cl2N3OS. The maximum absolute atomic E-state index is 9.48. The average molecular weight is 338 g/mol. The van der Waals surface area contributed by atoms with Gasteiger partial charge in [-0.2, -0.15) is 5.10 Å². The van der Waals surface area contributed by atoms with Crippen LogP contribution in [0.15, 0.2) is 41.5 Å². The summed E-state index contributed by atoms with van der Waals surface area (Å²) >= 11 is 13.2. The largest absolute Gasteiger partial charge is 0.505 e. The Bertz CT molecular complexity index is 776. The number of anilines is 1. The summed E-state index contributed by atoms with van der Waals surface area (Å²) in [5.41, 5.74) is 4.47. The van der Waals surface area contributed by atoms with Gasteiger partial charge in [-0.05, 0) is 29.8 Å². The molecule has 1 heterocycles. The molecule has 0 atom stereocenters. The van der Waals surface area contributed by atoms with Gasteiger partial charge in [-0.25, -0.2) is 4.98 Å². The highest BCUT2D eigenvalue weighted by Gasteiger charge is 2.05. The standard InChI is InChI=1S/C14H9Cl2N3OS/c15-9-5-8(6-10(16)13(9)20)7-17-19-14-18-11-3-1-2-4-12(11)21-14/h1-7,20H,(H,18,19)/b17-7+. The number of aromatic hydroxyl groups is 1. The third-order valence-electron chi connectivity index (χ3n) is 2.71. The molecule has 0 saturated carbocycles. The number of hydrogen-bond acceptors (Lipinski definition) is 5. The molecule has 0 unspecified atom stereocenters. The van der Waals surface area contributed by atoms with Crippen molar-refractivity contribution in [2.75, 3.05) is 5.43 Å². The lowest BCUT2D eigenvalue weighted by Crippen LogP contribution is -1.90. The van der Waals surface area contributed by atoms with Gasteiger partial charge < -0.3 is 5.11 Å². The quantitative estimate of drug-likeness (QED) is 0.535. The lowest BCUT2D eigenvalue weighted by Gasteiger charge is -2.01. The zero-order valence-corrected chi connectivity index (χ0v) is 12.9. The molecule has 21 heavy (non-hydrogen) atoms. The van der Waals surface area contributed by atoms with Crippen LogP contribution in [0, 0.1) is 0 Å². The Morgan fingerprint density at radius 1 is 1.19 bits per heavy atom. The van der Waals surface area contributed by atoms with Crippen molar-refractivity contribution in [1.29, 1.82) is 0 Å².